The Balaban J connectivity index is 2.06. The first kappa shape index (κ1) is 11.3. The fourth-order valence-electron chi connectivity index (χ4n) is 1.38. The van der Waals surface area contributed by atoms with Gasteiger partial charge >= 0.3 is 6.09 Å². The second kappa shape index (κ2) is 6.62. The first-order valence-electron chi connectivity index (χ1n) is 5.15. The average Bonchev–Trinajstić information content (AvgIpc) is 2.20. The molecule has 0 aliphatic carbocycles. The van der Waals surface area contributed by atoms with E-state index in [0.717, 1.165) is 25.9 Å². The smallest absolute Gasteiger partial charge is 0.408 e. The van der Waals surface area contributed by atoms with Gasteiger partial charge < -0.3 is 15.4 Å². The summed E-state index contributed by atoms with van der Waals surface area (Å²) >= 11 is 0. The third kappa shape index (κ3) is 4.43. The van der Waals surface area contributed by atoms with E-state index in [4.69, 9.17) is 4.74 Å². The summed E-state index contributed by atoms with van der Waals surface area (Å²) in [6.45, 7) is 2.30. The molecule has 0 radical (unpaired) electrons. The van der Waals surface area contributed by atoms with Crippen molar-refractivity contribution in [3.05, 3.63) is 0 Å². The highest BCUT2D eigenvalue weighted by atomic mass is 16.6. The van der Waals surface area contributed by atoms with Gasteiger partial charge in [0.05, 0.1) is 0 Å². The summed E-state index contributed by atoms with van der Waals surface area (Å²) in [5.74, 6) is 0. The Labute approximate surface area is 84.6 Å². The van der Waals surface area contributed by atoms with Gasteiger partial charge in [0.25, 0.3) is 0 Å². The van der Waals surface area contributed by atoms with Crippen molar-refractivity contribution in [1.82, 2.24) is 16.0 Å². The Kier molecular flexibility index (Phi) is 5.32. The lowest BCUT2D eigenvalue weighted by atomic mass is 10.1. The summed E-state index contributed by atoms with van der Waals surface area (Å²) in [6.07, 6.45) is 2.78. The van der Waals surface area contributed by atoms with Gasteiger partial charge in [0.2, 0.25) is 0 Å². The molecule has 1 fully saturated rings. The maximum Gasteiger partial charge on any atom is 0.408 e. The van der Waals surface area contributed by atoms with E-state index in [9.17, 15) is 4.79 Å². The van der Waals surface area contributed by atoms with Gasteiger partial charge in [0, 0.05) is 13.1 Å². The Bertz CT molecular complexity index is 169. The van der Waals surface area contributed by atoms with Crippen LogP contribution in [-0.4, -0.2) is 39.0 Å². The van der Waals surface area contributed by atoms with Crippen LogP contribution < -0.4 is 16.0 Å². The van der Waals surface area contributed by atoms with Crippen LogP contribution in [0.3, 0.4) is 0 Å². The molecule has 5 nitrogen and oxygen atoms in total. The van der Waals surface area contributed by atoms with Crippen molar-refractivity contribution in [2.45, 2.75) is 25.5 Å². The minimum absolute atomic E-state index is 0.0988. The van der Waals surface area contributed by atoms with Gasteiger partial charge in [-0.15, -0.1) is 0 Å². The number of likely N-dealkylation sites (N-methyl/N-ethyl adjacent to an activating group) is 1. The number of hydrogen-bond donors (Lipinski definition) is 3. The second-order valence-electron chi connectivity index (χ2n) is 3.37. The van der Waals surface area contributed by atoms with Crippen LogP contribution in [0.1, 0.15) is 19.3 Å². The van der Waals surface area contributed by atoms with Crippen LogP contribution in [0.2, 0.25) is 0 Å². The molecule has 1 atom stereocenters. The number of nitrogens with one attached hydrogen (secondary N) is 3. The van der Waals surface area contributed by atoms with Crippen LogP contribution in [0.5, 0.6) is 0 Å². The number of amides is 1. The molecule has 0 bridgehead atoms. The zero-order valence-corrected chi connectivity index (χ0v) is 8.64. The Morgan fingerprint density at radius 2 is 2.36 bits per heavy atom. The number of hydrogen-bond acceptors (Lipinski definition) is 4. The highest BCUT2D eigenvalue weighted by Gasteiger charge is 2.15. The summed E-state index contributed by atoms with van der Waals surface area (Å²) in [5, 5.41) is 8.75. The average molecular weight is 201 g/mol. The van der Waals surface area contributed by atoms with Gasteiger partial charge in [-0.1, -0.05) is 0 Å². The van der Waals surface area contributed by atoms with Crippen molar-refractivity contribution >= 4 is 6.09 Å². The first-order chi connectivity index (χ1) is 6.83. The van der Waals surface area contributed by atoms with E-state index in [0.29, 0.717) is 6.54 Å². The van der Waals surface area contributed by atoms with E-state index in [1.807, 2.05) is 7.05 Å². The van der Waals surface area contributed by atoms with E-state index in [2.05, 4.69) is 16.0 Å². The third-order valence-electron chi connectivity index (χ3n) is 2.16. The summed E-state index contributed by atoms with van der Waals surface area (Å²) < 4.78 is 5.15. The molecule has 1 amide bonds. The third-order valence-corrected chi connectivity index (χ3v) is 2.16. The molecule has 1 unspecified atom stereocenters. The van der Waals surface area contributed by atoms with Crippen molar-refractivity contribution in [3.63, 3.8) is 0 Å². The van der Waals surface area contributed by atoms with Gasteiger partial charge in [-0.25, -0.2) is 4.79 Å². The normalized spacial score (nSPS) is 21.6. The van der Waals surface area contributed by atoms with E-state index in [1.165, 1.54) is 6.42 Å². The lowest BCUT2D eigenvalue weighted by Gasteiger charge is -2.23. The van der Waals surface area contributed by atoms with Gasteiger partial charge in [0.1, 0.15) is 0 Å². The van der Waals surface area contributed by atoms with Crippen LogP contribution in [0.4, 0.5) is 4.79 Å². The number of carbonyl (C=O) groups is 1. The van der Waals surface area contributed by atoms with Gasteiger partial charge in [-0.05, 0) is 32.9 Å². The lowest BCUT2D eigenvalue weighted by molar-refractivity contribution is 0.0615. The van der Waals surface area contributed by atoms with Crippen LogP contribution in [-0.2, 0) is 4.74 Å². The minimum atomic E-state index is -0.334. The molecule has 1 aliphatic heterocycles. The topological polar surface area (TPSA) is 62.4 Å². The van der Waals surface area contributed by atoms with Crippen LogP contribution in [0.15, 0.2) is 0 Å². The van der Waals surface area contributed by atoms with Crippen LogP contribution >= 0.6 is 0 Å². The van der Waals surface area contributed by atoms with Crippen molar-refractivity contribution in [2.24, 2.45) is 0 Å². The Hall–Kier alpha value is -0.810. The Morgan fingerprint density at radius 3 is 3.00 bits per heavy atom. The van der Waals surface area contributed by atoms with Crippen molar-refractivity contribution in [3.8, 4) is 0 Å². The number of alkyl carbamates (subject to hydrolysis) is 1. The fourth-order valence-corrected chi connectivity index (χ4v) is 1.38. The number of carbonyl (C=O) groups excluding carboxylic acids is 1. The molecule has 0 spiro atoms. The monoisotopic (exact) mass is 201 g/mol. The van der Waals surface area contributed by atoms with Crippen molar-refractivity contribution in [1.29, 1.82) is 0 Å². The summed E-state index contributed by atoms with van der Waals surface area (Å²) in [6, 6.07) is 0. The first-order valence-corrected chi connectivity index (χ1v) is 5.15. The molecule has 3 N–H and O–H groups in total. The van der Waals surface area contributed by atoms with E-state index in [1.54, 1.807) is 0 Å². The molecule has 14 heavy (non-hydrogen) atoms. The zero-order chi connectivity index (χ0) is 10.2. The molecular formula is C9H19N3O2. The second-order valence-corrected chi connectivity index (χ2v) is 3.37. The van der Waals surface area contributed by atoms with Crippen molar-refractivity contribution < 1.29 is 9.53 Å². The molecule has 5 heteroatoms. The van der Waals surface area contributed by atoms with Gasteiger partial charge in [-0.3, -0.25) is 5.32 Å². The molecule has 1 rings (SSSR count). The molecule has 0 saturated carbocycles. The predicted octanol–water partition coefficient (Wildman–Crippen LogP) is 0.0316. The molecule has 0 aromatic heterocycles. The maximum absolute atomic E-state index is 11.2. The quantitative estimate of drug-likeness (QED) is 0.562. The summed E-state index contributed by atoms with van der Waals surface area (Å²) in [4.78, 5) is 11.2. The molecule has 1 aliphatic rings. The minimum Gasteiger partial charge on any atom is -0.430 e. The fraction of sp³-hybridized carbons (Fsp3) is 0.889. The van der Waals surface area contributed by atoms with Crippen LogP contribution in [0, 0.1) is 0 Å². The van der Waals surface area contributed by atoms with Crippen molar-refractivity contribution in [2.75, 3.05) is 26.7 Å². The highest BCUT2D eigenvalue weighted by Crippen LogP contribution is 2.07. The molecule has 0 aromatic carbocycles. The number of piperidine rings is 1. The number of ether oxygens (including phenoxy) is 1. The van der Waals surface area contributed by atoms with Gasteiger partial charge in [-0.2, -0.15) is 0 Å². The Morgan fingerprint density at radius 1 is 1.50 bits per heavy atom. The zero-order valence-electron chi connectivity index (χ0n) is 8.64. The summed E-state index contributed by atoms with van der Waals surface area (Å²) in [7, 11) is 1.84. The summed E-state index contributed by atoms with van der Waals surface area (Å²) in [5.41, 5.74) is 0. The standard InChI is InChI=1S/C9H19N3O2/c1-10-6-7-12-9(13)14-8-4-2-3-5-11-8/h8,10-11H,2-7H2,1H3,(H,12,13). The van der Waals surface area contributed by atoms with E-state index < -0.39 is 0 Å². The maximum atomic E-state index is 11.2. The lowest BCUT2D eigenvalue weighted by Crippen LogP contribution is -2.41. The van der Waals surface area contributed by atoms with E-state index >= 15 is 0 Å². The molecule has 1 heterocycles. The number of rotatable bonds is 4. The predicted molar refractivity (Wildman–Crippen MR) is 54.1 cm³/mol. The largest absolute Gasteiger partial charge is 0.430 e. The van der Waals surface area contributed by atoms with Crippen LogP contribution in [0.25, 0.3) is 0 Å². The van der Waals surface area contributed by atoms with Gasteiger partial charge in [0.15, 0.2) is 6.23 Å². The molecule has 82 valence electrons. The molecule has 1 saturated heterocycles. The van der Waals surface area contributed by atoms with E-state index in [-0.39, 0.29) is 12.3 Å². The SMILES string of the molecule is CNCCNC(=O)OC1CCCCN1. The highest BCUT2D eigenvalue weighted by molar-refractivity contribution is 5.67. The molecular weight excluding hydrogens is 182 g/mol. The molecule has 0 aromatic rings.